The predicted octanol–water partition coefficient (Wildman–Crippen LogP) is 1.24. The summed E-state index contributed by atoms with van der Waals surface area (Å²) < 4.78 is 5.05. The fourth-order valence-corrected chi connectivity index (χ4v) is 1.19. The molecule has 1 amide bonds. The highest BCUT2D eigenvalue weighted by Crippen LogP contribution is 2.14. The minimum absolute atomic E-state index is 0.701. The fourth-order valence-electron chi connectivity index (χ4n) is 1.19. The molecule has 0 radical (unpaired) electrons. The molecule has 1 aromatic carbocycles. The highest BCUT2D eigenvalue weighted by molar-refractivity contribution is 5.46. The van der Waals surface area contributed by atoms with Crippen LogP contribution in [0.25, 0.3) is 0 Å². The van der Waals surface area contributed by atoms with E-state index in [1.807, 2.05) is 24.3 Å². The van der Waals surface area contributed by atoms with Gasteiger partial charge in [-0.15, -0.1) is 0 Å². The zero-order valence-electron chi connectivity index (χ0n) is 8.82. The molecular formula is C11H16N2O2. The number of methoxy groups -OCH3 is 1. The molecule has 0 aromatic heterocycles. The van der Waals surface area contributed by atoms with Crippen LogP contribution in [0.3, 0.4) is 0 Å². The van der Waals surface area contributed by atoms with Crippen LogP contribution in [0.5, 0.6) is 5.75 Å². The quantitative estimate of drug-likeness (QED) is 0.523. The Labute approximate surface area is 89.6 Å². The lowest BCUT2D eigenvalue weighted by molar-refractivity contribution is -0.109. The fraction of sp³-hybridized carbons (Fsp3) is 0.364. The first-order chi connectivity index (χ1) is 7.36. The van der Waals surface area contributed by atoms with E-state index in [0.717, 1.165) is 24.4 Å². The second-order valence-corrected chi connectivity index (χ2v) is 3.08. The van der Waals surface area contributed by atoms with Gasteiger partial charge in [0.25, 0.3) is 0 Å². The SMILES string of the molecule is COc1ccc(NCCCNC=O)cc1. The standard InChI is InChI=1S/C11H16N2O2/c1-15-11-5-3-10(4-6-11)13-8-2-7-12-9-14/h3-6,9,13H,2,7-8H2,1H3,(H,12,14). The smallest absolute Gasteiger partial charge is 0.207 e. The Morgan fingerprint density at radius 1 is 1.27 bits per heavy atom. The van der Waals surface area contributed by atoms with Gasteiger partial charge in [0.1, 0.15) is 5.75 Å². The molecule has 0 saturated carbocycles. The molecule has 4 heteroatoms. The van der Waals surface area contributed by atoms with Gasteiger partial charge in [-0.25, -0.2) is 0 Å². The molecule has 0 aliphatic carbocycles. The second kappa shape index (κ2) is 6.70. The zero-order chi connectivity index (χ0) is 10.9. The van der Waals surface area contributed by atoms with Crippen LogP contribution >= 0.6 is 0 Å². The average Bonchev–Trinajstić information content (AvgIpc) is 2.30. The van der Waals surface area contributed by atoms with Crippen LogP contribution in [0.2, 0.25) is 0 Å². The summed E-state index contributed by atoms with van der Waals surface area (Å²) in [6, 6.07) is 7.75. The van der Waals surface area contributed by atoms with E-state index >= 15 is 0 Å². The van der Waals surface area contributed by atoms with Crippen molar-refractivity contribution >= 4 is 12.1 Å². The third-order valence-corrected chi connectivity index (χ3v) is 2.00. The van der Waals surface area contributed by atoms with E-state index < -0.39 is 0 Å². The lowest BCUT2D eigenvalue weighted by Crippen LogP contribution is -2.15. The van der Waals surface area contributed by atoms with Crippen LogP contribution in [0.1, 0.15) is 6.42 Å². The molecule has 4 nitrogen and oxygen atoms in total. The van der Waals surface area contributed by atoms with Gasteiger partial charge in [0.15, 0.2) is 0 Å². The predicted molar refractivity (Wildman–Crippen MR) is 60.2 cm³/mol. The molecule has 0 unspecified atom stereocenters. The minimum atomic E-state index is 0.701. The summed E-state index contributed by atoms with van der Waals surface area (Å²) in [5.41, 5.74) is 1.06. The van der Waals surface area contributed by atoms with Crippen molar-refractivity contribution in [2.24, 2.45) is 0 Å². The van der Waals surface area contributed by atoms with Gasteiger partial charge in [0.05, 0.1) is 7.11 Å². The highest BCUT2D eigenvalue weighted by Gasteiger charge is 1.92. The molecule has 0 spiro atoms. The summed E-state index contributed by atoms with van der Waals surface area (Å²) in [5, 5.41) is 5.86. The number of nitrogens with one attached hydrogen (secondary N) is 2. The maximum Gasteiger partial charge on any atom is 0.207 e. The Hall–Kier alpha value is -1.71. The zero-order valence-corrected chi connectivity index (χ0v) is 8.82. The highest BCUT2D eigenvalue weighted by atomic mass is 16.5. The molecule has 0 saturated heterocycles. The first-order valence-corrected chi connectivity index (χ1v) is 4.92. The van der Waals surface area contributed by atoms with Crippen molar-refractivity contribution in [2.75, 3.05) is 25.5 Å². The molecule has 82 valence electrons. The Morgan fingerprint density at radius 2 is 2.00 bits per heavy atom. The lowest BCUT2D eigenvalue weighted by Gasteiger charge is -2.06. The van der Waals surface area contributed by atoms with Gasteiger partial charge in [-0.1, -0.05) is 0 Å². The molecule has 0 aliphatic heterocycles. The molecule has 2 N–H and O–H groups in total. The van der Waals surface area contributed by atoms with Crippen molar-refractivity contribution in [3.05, 3.63) is 24.3 Å². The third-order valence-electron chi connectivity index (χ3n) is 2.00. The topological polar surface area (TPSA) is 50.4 Å². The Bertz CT molecular complexity index is 285. The van der Waals surface area contributed by atoms with Gasteiger partial charge < -0.3 is 15.4 Å². The second-order valence-electron chi connectivity index (χ2n) is 3.08. The Morgan fingerprint density at radius 3 is 2.60 bits per heavy atom. The molecule has 0 aliphatic rings. The van der Waals surface area contributed by atoms with Gasteiger partial charge in [0.2, 0.25) is 6.41 Å². The van der Waals surface area contributed by atoms with E-state index in [4.69, 9.17) is 4.74 Å². The lowest BCUT2D eigenvalue weighted by atomic mass is 10.3. The molecule has 1 aromatic rings. The van der Waals surface area contributed by atoms with Crippen molar-refractivity contribution < 1.29 is 9.53 Å². The number of carbonyl (C=O) groups excluding carboxylic acids is 1. The summed E-state index contributed by atoms with van der Waals surface area (Å²) >= 11 is 0. The summed E-state index contributed by atoms with van der Waals surface area (Å²) in [5.74, 6) is 0.850. The van der Waals surface area contributed by atoms with Crippen molar-refractivity contribution in [1.82, 2.24) is 5.32 Å². The Kier molecular flexibility index (Phi) is 5.08. The molecule has 0 heterocycles. The molecular weight excluding hydrogens is 192 g/mol. The molecule has 0 fully saturated rings. The molecule has 0 atom stereocenters. The minimum Gasteiger partial charge on any atom is -0.497 e. The van der Waals surface area contributed by atoms with Crippen molar-refractivity contribution in [3.8, 4) is 5.75 Å². The van der Waals surface area contributed by atoms with E-state index in [9.17, 15) is 4.79 Å². The van der Waals surface area contributed by atoms with Gasteiger partial charge in [-0.05, 0) is 30.7 Å². The van der Waals surface area contributed by atoms with Gasteiger partial charge in [0, 0.05) is 18.8 Å². The van der Waals surface area contributed by atoms with Gasteiger partial charge in [-0.2, -0.15) is 0 Å². The van der Waals surface area contributed by atoms with Crippen LogP contribution in [-0.2, 0) is 4.79 Å². The molecule has 0 bridgehead atoms. The molecule has 15 heavy (non-hydrogen) atoms. The summed E-state index contributed by atoms with van der Waals surface area (Å²) in [7, 11) is 1.65. The maximum absolute atomic E-state index is 9.96. The van der Waals surface area contributed by atoms with E-state index in [2.05, 4.69) is 10.6 Å². The summed E-state index contributed by atoms with van der Waals surface area (Å²) in [4.78, 5) is 9.96. The normalized spacial score (nSPS) is 9.40. The van der Waals surface area contributed by atoms with Crippen LogP contribution in [0.15, 0.2) is 24.3 Å². The number of ether oxygens (including phenoxy) is 1. The van der Waals surface area contributed by atoms with Crippen molar-refractivity contribution in [2.45, 2.75) is 6.42 Å². The summed E-state index contributed by atoms with van der Waals surface area (Å²) in [6.07, 6.45) is 1.62. The third kappa shape index (κ3) is 4.35. The van der Waals surface area contributed by atoms with E-state index in [1.54, 1.807) is 7.11 Å². The van der Waals surface area contributed by atoms with E-state index in [0.29, 0.717) is 13.0 Å². The number of hydrogen-bond acceptors (Lipinski definition) is 3. The van der Waals surface area contributed by atoms with E-state index in [-0.39, 0.29) is 0 Å². The molecule has 1 rings (SSSR count). The van der Waals surface area contributed by atoms with Crippen molar-refractivity contribution in [1.29, 1.82) is 0 Å². The van der Waals surface area contributed by atoms with Crippen LogP contribution in [0.4, 0.5) is 5.69 Å². The first-order valence-electron chi connectivity index (χ1n) is 4.92. The average molecular weight is 208 g/mol. The first kappa shape index (κ1) is 11.4. The van der Waals surface area contributed by atoms with E-state index in [1.165, 1.54) is 0 Å². The van der Waals surface area contributed by atoms with Crippen LogP contribution in [-0.4, -0.2) is 26.6 Å². The summed E-state index contributed by atoms with van der Waals surface area (Å²) in [6.45, 7) is 1.54. The van der Waals surface area contributed by atoms with Crippen molar-refractivity contribution in [3.63, 3.8) is 0 Å². The monoisotopic (exact) mass is 208 g/mol. The van der Waals surface area contributed by atoms with Gasteiger partial charge in [-0.3, -0.25) is 4.79 Å². The Balaban J connectivity index is 2.22. The number of hydrogen-bond donors (Lipinski definition) is 2. The number of rotatable bonds is 7. The number of benzene rings is 1. The maximum atomic E-state index is 9.96. The van der Waals surface area contributed by atoms with Crippen LogP contribution in [0, 0.1) is 0 Å². The van der Waals surface area contributed by atoms with Gasteiger partial charge >= 0.3 is 0 Å². The number of amides is 1. The largest absolute Gasteiger partial charge is 0.497 e. The number of anilines is 1. The number of carbonyl (C=O) groups is 1. The van der Waals surface area contributed by atoms with Crippen LogP contribution < -0.4 is 15.4 Å².